The molecule has 2 aromatic rings. The number of nitrogens with zero attached hydrogens (tertiary/aromatic N) is 2. The topological polar surface area (TPSA) is 73.1 Å². The molecule has 0 aliphatic heterocycles. The number of nitrogens with two attached hydrogens (primary N) is 1. The molecular weight excluding hydrogens is 248 g/mol. The van der Waals surface area contributed by atoms with Gasteiger partial charge in [0, 0.05) is 12.4 Å². The summed E-state index contributed by atoms with van der Waals surface area (Å²) in [6, 6.07) is 7.49. The number of nitrogens with one attached hydrogen (secondary N) is 1. The van der Waals surface area contributed by atoms with Crippen molar-refractivity contribution in [1.29, 1.82) is 0 Å². The number of thiocarbonyl (C=S) groups is 1. The molecule has 0 amide bonds. The van der Waals surface area contributed by atoms with Crippen molar-refractivity contribution in [3.63, 3.8) is 0 Å². The van der Waals surface area contributed by atoms with E-state index in [-0.39, 0.29) is 4.99 Å². The normalized spacial score (nSPS) is 9.83. The molecule has 5 nitrogen and oxygen atoms in total. The highest BCUT2D eigenvalue weighted by molar-refractivity contribution is 7.80. The number of rotatable bonds is 4. The zero-order chi connectivity index (χ0) is 13.0. The first kappa shape index (κ1) is 12.3. The van der Waals surface area contributed by atoms with Crippen molar-refractivity contribution in [2.24, 2.45) is 5.73 Å². The number of benzene rings is 1. The third kappa shape index (κ3) is 2.54. The number of para-hydroxylation sites is 2. The van der Waals surface area contributed by atoms with Gasteiger partial charge in [-0.15, -0.1) is 0 Å². The maximum Gasteiger partial charge on any atom is 0.159 e. The van der Waals surface area contributed by atoms with Gasteiger partial charge in [0.1, 0.15) is 16.4 Å². The summed E-state index contributed by atoms with van der Waals surface area (Å²) >= 11 is 4.93. The molecule has 0 spiro atoms. The number of hydrogen-bond donors (Lipinski definition) is 2. The Balaban J connectivity index is 2.37. The summed E-state index contributed by atoms with van der Waals surface area (Å²) in [5.74, 6) is 1.21. The highest BCUT2D eigenvalue weighted by Gasteiger charge is 2.09. The number of ether oxygens (including phenoxy) is 1. The fourth-order valence-electron chi connectivity index (χ4n) is 1.49. The van der Waals surface area contributed by atoms with Crippen LogP contribution in [0.2, 0.25) is 0 Å². The van der Waals surface area contributed by atoms with Crippen LogP contribution < -0.4 is 15.8 Å². The lowest BCUT2D eigenvalue weighted by molar-refractivity contribution is 0.417. The van der Waals surface area contributed by atoms with Gasteiger partial charge in [0.2, 0.25) is 0 Å². The standard InChI is InChI=1S/C12H12N4OS/c1-17-9-5-3-2-4-8(9)16-12-10(11(13)18)14-6-7-15-12/h2-7H,1H3,(H2,13,18)(H,15,16). The minimum absolute atomic E-state index is 0.195. The minimum Gasteiger partial charge on any atom is -0.495 e. The van der Waals surface area contributed by atoms with Crippen molar-refractivity contribution < 1.29 is 4.74 Å². The SMILES string of the molecule is COc1ccccc1Nc1nccnc1C(N)=S. The van der Waals surface area contributed by atoms with E-state index in [1.165, 1.54) is 0 Å². The summed E-state index contributed by atoms with van der Waals surface area (Å²) in [6.45, 7) is 0. The predicted molar refractivity (Wildman–Crippen MR) is 74.2 cm³/mol. The van der Waals surface area contributed by atoms with Crippen LogP contribution in [0.25, 0.3) is 0 Å². The maximum absolute atomic E-state index is 5.60. The molecule has 0 saturated carbocycles. The van der Waals surface area contributed by atoms with Gasteiger partial charge in [-0.2, -0.15) is 0 Å². The van der Waals surface area contributed by atoms with Gasteiger partial charge in [0.15, 0.2) is 5.82 Å². The highest BCUT2D eigenvalue weighted by atomic mass is 32.1. The van der Waals surface area contributed by atoms with E-state index in [0.29, 0.717) is 17.3 Å². The largest absolute Gasteiger partial charge is 0.495 e. The monoisotopic (exact) mass is 260 g/mol. The van der Waals surface area contributed by atoms with Gasteiger partial charge in [-0.05, 0) is 12.1 Å². The Morgan fingerprint density at radius 2 is 2.00 bits per heavy atom. The molecule has 0 fully saturated rings. The van der Waals surface area contributed by atoms with Gasteiger partial charge in [-0.3, -0.25) is 0 Å². The second kappa shape index (κ2) is 5.42. The molecule has 0 aliphatic carbocycles. The summed E-state index contributed by atoms with van der Waals surface area (Å²) in [4.78, 5) is 8.47. The van der Waals surface area contributed by atoms with E-state index < -0.39 is 0 Å². The van der Waals surface area contributed by atoms with Crippen LogP contribution in [-0.2, 0) is 0 Å². The summed E-state index contributed by atoms with van der Waals surface area (Å²) in [6.07, 6.45) is 3.11. The quantitative estimate of drug-likeness (QED) is 0.817. The number of aromatic nitrogens is 2. The van der Waals surface area contributed by atoms with E-state index in [9.17, 15) is 0 Å². The molecule has 1 aromatic heterocycles. The smallest absolute Gasteiger partial charge is 0.159 e. The van der Waals surface area contributed by atoms with Crippen molar-refractivity contribution in [2.45, 2.75) is 0 Å². The third-order valence-corrected chi connectivity index (χ3v) is 2.49. The van der Waals surface area contributed by atoms with Crippen LogP contribution in [0.3, 0.4) is 0 Å². The van der Waals surface area contributed by atoms with Crippen LogP contribution in [0, 0.1) is 0 Å². The van der Waals surface area contributed by atoms with Crippen molar-refractivity contribution >= 4 is 28.7 Å². The Kier molecular flexibility index (Phi) is 3.69. The summed E-state index contributed by atoms with van der Waals surface area (Å²) in [5, 5.41) is 3.11. The fraction of sp³-hybridized carbons (Fsp3) is 0.0833. The van der Waals surface area contributed by atoms with Gasteiger partial charge in [0.25, 0.3) is 0 Å². The van der Waals surface area contributed by atoms with Crippen LogP contribution in [0.5, 0.6) is 5.75 Å². The summed E-state index contributed by atoms with van der Waals surface area (Å²) < 4.78 is 5.24. The number of hydrogen-bond acceptors (Lipinski definition) is 5. The van der Waals surface area contributed by atoms with Gasteiger partial charge in [0.05, 0.1) is 12.8 Å². The number of anilines is 2. The Bertz CT molecular complexity index is 574. The Morgan fingerprint density at radius 1 is 1.28 bits per heavy atom. The Morgan fingerprint density at radius 3 is 2.72 bits per heavy atom. The maximum atomic E-state index is 5.60. The van der Waals surface area contributed by atoms with E-state index in [0.717, 1.165) is 5.69 Å². The molecular formula is C12H12N4OS. The first-order valence-corrected chi connectivity index (χ1v) is 5.64. The van der Waals surface area contributed by atoms with Crippen molar-refractivity contribution in [2.75, 3.05) is 12.4 Å². The molecule has 0 saturated heterocycles. The van der Waals surface area contributed by atoms with Crippen LogP contribution in [0.1, 0.15) is 5.69 Å². The third-order valence-electron chi connectivity index (χ3n) is 2.29. The molecule has 18 heavy (non-hydrogen) atoms. The fourth-order valence-corrected chi connectivity index (χ4v) is 1.63. The minimum atomic E-state index is 0.195. The first-order chi connectivity index (χ1) is 8.72. The highest BCUT2D eigenvalue weighted by Crippen LogP contribution is 2.26. The van der Waals surface area contributed by atoms with Gasteiger partial charge < -0.3 is 15.8 Å². The van der Waals surface area contributed by atoms with E-state index in [4.69, 9.17) is 22.7 Å². The summed E-state index contributed by atoms with van der Waals surface area (Å²) in [7, 11) is 1.60. The lowest BCUT2D eigenvalue weighted by Crippen LogP contribution is -2.15. The average molecular weight is 260 g/mol. The molecule has 0 unspecified atom stereocenters. The van der Waals surface area contributed by atoms with Crippen molar-refractivity contribution in [1.82, 2.24) is 9.97 Å². The second-order valence-corrected chi connectivity index (χ2v) is 3.88. The van der Waals surface area contributed by atoms with Crippen molar-refractivity contribution in [3.8, 4) is 5.75 Å². The molecule has 6 heteroatoms. The molecule has 0 aliphatic rings. The molecule has 92 valence electrons. The van der Waals surface area contributed by atoms with Crippen LogP contribution >= 0.6 is 12.2 Å². The van der Waals surface area contributed by atoms with E-state index >= 15 is 0 Å². The Hall–Kier alpha value is -2.21. The van der Waals surface area contributed by atoms with E-state index in [1.54, 1.807) is 19.5 Å². The predicted octanol–water partition coefficient (Wildman–Crippen LogP) is 1.86. The molecule has 3 N–H and O–H groups in total. The van der Waals surface area contributed by atoms with E-state index in [1.807, 2.05) is 24.3 Å². The van der Waals surface area contributed by atoms with Gasteiger partial charge in [-0.25, -0.2) is 9.97 Å². The lowest BCUT2D eigenvalue weighted by Gasteiger charge is -2.11. The Labute approximate surface area is 110 Å². The zero-order valence-electron chi connectivity index (χ0n) is 9.75. The average Bonchev–Trinajstić information content (AvgIpc) is 2.40. The zero-order valence-corrected chi connectivity index (χ0v) is 10.6. The summed E-state index contributed by atoms with van der Waals surface area (Å²) in [5.41, 5.74) is 6.83. The molecule has 0 bridgehead atoms. The molecule has 0 radical (unpaired) electrons. The first-order valence-electron chi connectivity index (χ1n) is 5.23. The van der Waals surface area contributed by atoms with Crippen LogP contribution in [0.4, 0.5) is 11.5 Å². The van der Waals surface area contributed by atoms with Crippen molar-refractivity contribution in [3.05, 3.63) is 42.4 Å². The van der Waals surface area contributed by atoms with Gasteiger partial charge >= 0.3 is 0 Å². The van der Waals surface area contributed by atoms with Gasteiger partial charge in [-0.1, -0.05) is 24.4 Å². The molecule has 1 aromatic carbocycles. The second-order valence-electron chi connectivity index (χ2n) is 3.44. The van der Waals surface area contributed by atoms with E-state index in [2.05, 4.69) is 15.3 Å². The molecule has 0 atom stereocenters. The lowest BCUT2D eigenvalue weighted by atomic mass is 10.3. The molecule has 2 rings (SSSR count). The van der Waals surface area contributed by atoms with Crippen LogP contribution in [-0.4, -0.2) is 22.1 Å². The molecule has 1 heterocycles. The van der Waals surface area contributed by atoms with Crippen LogP contribution in [0.15, 0.2) is 36.7 Å². The number of methoxy groups -OCH3 is 1.